The van der Waals surface area contributed by atoms with E-state index in [-0.39, 0.29) is 31.2 Å². The minimum Gasteiger partial charge on any atom is -0.383 e. The highest BCUT2D eigenvalue weighted by molar-refractivity contribution is 9.10. The Kier molecular flexibility index (Phi) is 6.86. The SMILES string of the molecule is COCCn1c(N)c(N(Cc2ccccc2)C(=O)c2ccccc2Br)c(=O)[nH]c1=O. The minimum absolute atomic E-state index is 0.0877. The smallest absolute Gasteiger partial charge is 0.330 e. The van der Waals surface area contributed by atoms with Crippen molar-refractivity contribution in [3.63, 3.8) is 0 Å². The van der Waals surface area contributed by atoms with Gasteiger partial charge >= 0.3 is 5.69 Å². The lowest BCUT2D eigenvalue weighted by molar-refractivity contribution is 0.0984. The number of nitrogens with zero attached hydrogens (tertiary/aromatic N) is 2. The molecule has 1 heterocycles. The monoisotopic (exact) mass is 472 g/mol. The molecule has 156 valence electrons. The topological polar surface area (TPSA) is 110 Å². The summed E-state index contributed by atoms with van der Waals surface area (Å²) < 4.78 is 6.79. The second kappa shape index (κ2) is 9.55. The van der Waals surface area contributed by atoms with Crippen molar-refractivity contribution >= 4 is 33.3 Å². The Balaban J connectivity index is 2.17. The van der Waals surface area contributed by atoms with E-state index in [1.54, 1.807) is 24.3 Å². The van der Waals surface area contributed by atoms with Crippen molar-refractivity contribution < 1.29 is 9.53 Å². The van der Waals surface area contributed by atoms with Crippen LogP contribution in [0.1, 0.15) is 15.9 Å². The zero-order valence-electron chi connectivity index (χ0n) is 16.3. The first-order valence-electron chi connectivity index (χ1n) is 9.16. The van der Waals surface area contributed by atoms with E-state index in [2.05, 4.69) is 20.9 Å². The van der Waals surface area contributed by atoms with Crippen molar-refractivity contribution in [2.45, 2.75) is 13.1 Å². The quantitative estimate of drug-likeness (QED) is 0.548. The molecule has 3 rings (SSSR count). The molecule has 3 N–H and O–H groups in total. The average molecular weight is 473 g/mol. The summed E-state index contributed by atoms with van der Waals surface area (Å²) in [6.07, 6.45) is 0. The van der Waals surface area contributed by atoms with Crippen molar-refractivity contribution in [2.75, 3.05) is 24.4 Å². The van der Waals surface area contributed by atoms with Gasteiger partial charge < -0.3 is 10.5 Å². The summed E-state index contributed by atoms with van der Waals surface area (Å²) in [6.45, 7) is 0.441. The van der Waals surface area contributed by atoms with Gasteiger partial charge in [-0.3, -0.25) is 24.0 Å². The molecular formula is C21H21BrN4O4. The van der Waals surface area contributed by atoms with E-state index in [4.69, 9.17) is 10.5 Å². The van der Waals surface area contributed by atoms with Crippen LogP contribution in [-0.4, -0.2) is 29.2 Å². The molecule has 0 unspecified atom stereocenters. The van der Waals surface area contributed by atoms with Gasteiger partial charge in [-0.15, -0.1) is 0 Å². The maximum absolute atomic E-state index is 13.5. The predicted molar refractivity (Wildman–Crippen MR) is 119 cm³/mol. The maximum atomic E-state index is 13.5. The molecule has 30 heavy (non-hydrogen) atoms. The fourth-order valence-corrected chi connectivity index (χ4v) is 3.50. The lowest BCUT2D eigenvalue weighted by Gasteiger charge is -2.25. The van der Waals surface area contributed by atoms with Crippen LogP contribution in [0.5, 0.6) is 0 Å². The number of hydrogen-bond donors (Lipinski definition) is 2. The van der Waals surface area contributed by atoms with E-state index < -0.39 is 17.2 Å². The molecule has 1 amide bonds. The van der Waals surface area contributed by atoms with Crippen LogP contribution in [-0.2, 0) is 17.8 Å². The van der Waals surface area contributed by atoms with Gasteiger partial charge in [-0.2, -0.15) is 0 Å². The van der Waals surface area contributed by atoms with Gasteiger partial charge in [-0.05, 0) is 33.6 Å². The zero-order valence-corrected chi connectivity index (χ0v) is 17.9. The normalized spacial score (nSPS) is 10.7. The first kappa shape index (κ1) is 21.5. The first-order chi connectivity index (χ1) is 14.4. The van der Waals surface area contributed by atoms with E-state index in [0.29, 0.717) is 10.0 Å². The van der Waals surface area contributed by atoms with Crippen LogP contribution in [0, 0.1) is 0 Å². The Hall–Kier alpha value is -3.17. The number of anilines is 2. The third-order valence-electron chi connectivity index (χ3n) is 4.54. The lowest BCUT2D eigenvalue weighted by Crippen LogP contribution is -2.41. The van der Waals surface area contributed by atoms with Gasteiger partial charge in [0.2, 0.25) is 0 Å². The number of carbonyl (C=O) groups is 1. The highest BCUT2D eigenvalue weighted by atomic mass is 79.9. The summed E-state index contributed by atoms with van der Waals surface area (Å²) in [5.74, 6) is -0.530. The number of nitrogens with one attached hydrogen (secondary N) is 1. The number of benzene rings is 2. The summed E-state index contributed by atoms with van der Waals surface area (Å²) in [5, 5.41) is 0. The molecule has 0 radical (unpaired) electrons. The summed E-state index contributed by atoms with van der Waals surface area (Å²) >= 11 is 3.38. The number of aromatic amines is 1. The number of nitrogens with two attached hydrogens (primary N) is 1. The second-order valence-corrected chi connectivity index (χ2v) is 7.35. The fourth-order valence-electron chi connectivity index (χ4n) is 3.04. The number of H-pyrrole nitrogens is 1. The van der Waals surface area contributed by atoms with Crippen molar-refractivity contribution in [3.05, 3.63) is 91.0 Å². The summed E-state index contributed by atoms with van der Waals surface area (Å²) in [4.78, 5) is 42.0. The van der Waals surface area contributed by atoms with Gasteiger partial charge in [0.25, 0.3) is 11.5 Å². The van der Waals surface area contributed by atoms with E-state index >= 15 is 0 Å². The number of aromatic nitrogens is 2. The Bertz CT molecular complexity index is 1160. The van der Waals surface area contributed by atoms with Gasteiger partial charge in [0.15, 0.2) is 5.69 Å². The molecule has 0 bridgehead atoms. The molecule has 1 aromatic heterocycles. The standard InChI is InChI=1S/C21H21BrN4O4/c1-30-12-11-25-18(23)17(19(27)24-21(25)29)26(13-14-7-3-2-4-8-14)20(28)15-9-5-6-10-16(15)22/h2-10H,11-13,23H2,1H3,(H,24,27,29). The van der Waals surface area contributed by atoms with Crippen LogP contribution in [0.2, 0.25) is 0 Å². The molecule has 9 heteroatoms. The summed E-state index contributed by atoms with van der Waals surface area (Å²) in [7, 11) is 1.49. The second-order valence-electron chi connectivity index (χ2n) is 6.49. The summed E-state index contributed by atoms with van der Waals surface area (Å²) in [6, 6.07) is 16.1. The molecule has 3 aromatic rings. The van der Waals surface area contributed by atoms with Gasteiger partial charge in [-0.1, -0.05) is 42.5 Å². The van der Waals surface area contributed by atoms with Crippen LogP contribution in [0.15, 0.2) is 68.7 Å². The molecule has 0 aliphatic heterocycles. The number of halogens is 1. The number of hydrogen-bond acceptors (Lipinski definition) is 5. The molecular weight excluding hydrogens is 452 g/mol. The molecule has 0 aliphatic rings. The van der Waals surface area contributed by atoms with E-state index in [1.807, 2.05) is 30.3 Å². The number of methoxy groups -OCH3 is 1. The van der Waals surface area contributed by atoms with Crippen molar-refractivity contribution in [3.8, 4) is 0 Å². The Morgan fingerprint density at radius 3 is 2.47 bits per heavy atom. The molecule has 8 nitrogen and oxygen atoms in total. The van der Waals surface area contributed by atoms with Gasteiger partial charge in [0.1, 0.15) is 5.82 Å². The number of amides is 1. The third kappa shape index (κ3) is 4.52. The third-order valence-corrected chi connectivity index (χ3v) is 5.23. The molecule has 0 aliphatic carbocycles. The van der Waals surface area contributed by atoms with Crippen molar-refractivity contribution in [2.24, 2.45) is 0 Å². The average Bonchev–Trinajstić information content (AvgIpc) is 2.73. The Morgan fingerprint density at radius 1 is 1.13 bits per heavy atom. The predicted octanol–water partition coefficient (Wildman–Crippen LogP) is 2.37. The number of nitrogen functional groups attached to an aromatic ring is 1. The zero-order chi connectivity index (χ0) is 21.7. The molecule has 0 atom stereocenters. The molecule has 0 fully saturated rings. The summed E-state index contributed by atoms with van der Waals surface area (Å²) in [5.41, 5.74) is 5.89. The van der Waals surface area contributed by atoms with Crippen LogP contribution >= 0.6 is 15.9 Å². The van der Waals surface area contributed by atoms with E-state index in [0.717, 1.165) is 5.56 Å². The Morgan fingerprint density at radius 2 is 1.80 bits per heavy atom. The largest absolute Gasteiger partial charge is 0.383 e. The Labute approximate surface area is 181 Å². The molecule has 0 spiro atoms. The van der Waals surface area contributed by atoms with Gasteiger partial charge in [0, 0.05) is 11.6 Å². The highest BCUT2D eigenvalue weighted by Gasteiger charge is 2.26. The fraction of sp³-hybridized carbons (Fsp3) is 0.190. The van der Waals surface area contributed by atoms with Crippen LogP contribution in [0.4, 0.5) is 11.5 Å². The van der Waals surface area contributed by atoms with Crippen molar-refractivity contribution in [1.82, 2.24) is 9.55 Å². The van der Waals surface area contributed by atoms with Gasteiger partial charge in [0.05, 0.1) is 25.3 Å². The number of carbonyl (C=O) groups excluding carboxylic acids is 1. The molecule has 0 saturated heterocycles. The van der Waals surface area contributed by atoms with Crippen LogP contribution in [0.25, 0.3) is 0 Å². The minimum atomic E-state index is -0.734. The van der Waals surface area contributed by atoms with Crippen molar-refractivity contribution in [1.29, 1.82) is 0 Å². The number of rotatable bonds is 7. The lowest BCUT2D eigenvalue weighted by atomic mass is 10.1. The van der Waals surface area contributed by atoms with Crippen LogP contribution < -0.4 is 21.9 Å². The first-order valence-corrected chi connectivity index (χ1v) is 9.95. The van der Waals surface area contributed by atoms with Gasteiger partial charge in [-0.25, -0.2) is 4.79 Å². The number of ether oxygens (including phenoxy) is 1. The maximum Gasteiger partial charge on any atom is 0.330 e. The molecule has 2 aromatic carbocycles. The molecule has 0 saturated carbocycles. The van der Waals surface area contributed by atoms with E-state index in [1.165, 1.54) is 16.6 Å². The van der Waals surface area contributed by atoms with E-state index in [9.17, 15) is 14.4 Å². The van der Waals surface area contributed by atoms with Crippen LogP contribution in [0.3, 0.4) is 0 Å². The highest BCUT2D eigenvalue weighted by Crippen LogP contribution is 2.25.